The lowest BCUT2D eigenvalue weighted by molar-refractivity contribution is 0.0950. The number of hydrogen-bond acceptors (Lipinski definition) is 5. The van der Waals surface area contributed by atoms with Gasteiger partial charge in [-0.15, -0.1) is 0 Å². The molecule has 3 heterocycles. The van der Waals surface area contributed by atoms with E-state index in [-0.39, 0.29) is 18.2 Å². The number of anilines is 1. The number of amides is 1. The number of carbonyl (C=O) groups excluding carboxylic acids is 2. The minimum absolute atomic E-state index is 0.105. The van der Waals surface area contributed by atoms with E-state index in [1.54, 1.807) is 35.5 Å². The van der Waals surface area contributed by atoms with Crippen molar-refractivity contribution in [3.05, 3.63) is 113 Å². The van der Waals surface area contributed by atoms with Gasteiger partial charge in [-0.05, 0) is 61.0 Å². The number of nitrogens with one attached hydrogen (secondary N) is 1. The second-order valence-electron chi connectivity index (χ2n) is 7.81. The molecule has 3 aromatic rings. The van der Waals surface area contributed by atoms with Crippen LogP contribution in [-0.2, 0) is 0 Å². The maximum absolute atomic E-state index is 13.2. The normalized spacial score (nSPS) is 16.7. The van der Waals surface area contributed by atoms with Crippen LogP contribution in [0.4, 0.5) is 10.2 Å². The molecule has 0 aliphatic carbocycles. The monoisotopic (exact) mass is 441 g/mol. The molecule has 0 saturated heterocycles. The van der Waals surface area contributed by atoms with E-state index in [0.29, 0.717) is 34.0 Å². The smallest absolute Gasteiger partial charge is 0.251 e. The first-order chi connectivity index (χ1) is 16.0. The van der Waals surface area contributed by atoms with E-state index >= 15 is 0 Å². The fourth-order valence-corrected chi connectivity index (χ4v) is 3.92. The molecule has 33 heavy (non-hydrogen) atoms. The van der Waals surface area contributed by atoms with Gasteiger partial charge >= 0.3 is 0 Å². The summed E-state index contributed by atoms with van der Waals surface area (Å²) in [5.41, 5.74) is 2.97. The molecule has 2 aliphatic heterocycles. The van der Waals surface area contributed by atoms with Gasteiger partial charge in [0.2, 0.25) is 0 Å². The molecule has 5 rings (SSSR count). The first-order valence-corrected chi connectivity index (χ1v) is 10.5. The van der Waals surface area contributed by atoms with Gasteiger partial charge in [0.05, 0.1) is 17.7 Å². The predicted molar refractivity (Wildman–Crippen MR) is 122 cm³/mol. The third-order valence-electron chi connectivity index (χ3n) is 5.62. The van der Waals surface area contributed by atoms with Crippen molar-refractivity contribution in [2.75, 3.05) is 11.4 Å². The molecule has 0 spiro atoms. The Balaban J connectivity index is 1.48. The summed E-state index contributed by atoms with van der Waals surface area (Å²) in [4.78, 5) is 32.1. The number of benzene rings is 2. The fraction of sp³-hybridized carbons (Fsp3) is 0.115. The van der Waals surface area contributed by atoms with Crippen LogP contribution in [-0.4, -0.2) is 29.3 Å². The molecule has 0 radical (unpaired) electrons. The van der Waals surface area contributed by atoms with Gasteiger partial charge in [0.15, 0.2) is 5.78 Å². The van der Waals surface area contributed by atoms with E-state index in [9.17, 15) is 14.0 Å². The van der Waals surface area contributed by atoms with Gasteiger partial charge < -0.3 is 15.0 Å². The zero-order valence-corrected chi connectivity index (χ0v) is 17.8. The van der Waals surface area contributed by atoms with Gasteiger partial charge in [-0.2, -0.15) is 0 Å². The Hall–Kier alpha value is -4.26. The molecule has 0 saturated carbocycles. The highest BCUT2D eigenvalue weighted by Crippen LogP contribution is 2.36. The van der Waals surface area contributed by atoms with Crippen molar-refractivity contribution in [1.82, 2.24) is 10.3 Å². The highest BCUT2D eigenvalue weighted by Gasteiger charge is 2.35. The zero-order chi connectivity index (χ0) is 22.9. The van der Waals surface area contributed by atoms with Crippen LogP contribution < -0.4 is 15.0 Å². The number of nitrogens with zero attached hydrogens (tertiary/aromatic N) is 2. The summed E-state index contributed by atoms with van der Waals surface area (Å²) in [6, 6.07) is 16.2. The summed E-state index contributed by atoms with van der Waals surface area (Å²) in [7, 11) is 0. The van der Waals surface area contributed by atoms with Gasteiger partial charge in [-0.1, -0.05) is 18.2 Å². The van der Waals surface area contributed by atoms with Crippen molar-refractivity contribution in [2.45, 2.75) is 13.0 Å². The van der Waals surface area contributed by atoms with Crippen LogP contribution in [0, 0.1) is 12.7 Å². The number of halogens is 1. The minimum atomic E-state index is -0.578. The van der Waals surface area contributed by atoms with E-state index in [2.05, 4.69) is 10.3 Å². The number of ether oxygens (including phenoxy) is 1. The zero-order valence-electron chi connectivity index (χ0n) is 17.8. The van der Waals surface area contributed by atoms with Gasteiger partial charge in [-0.3, -0.25) is 9.59 Å². The van der Waals surface area contributed by atoms with Crippen molar-refractivity contribution < 1.29 is 18.7 Å². The lowest BCUT2D eigenvalue weighted by atomic mass is 9.93. The lowest BCUT2D eigenvalue weighted by Gasteiger charge is -2.34. The first kappa shape index (κ1) is 20.6. The molecule has 1 amide bonds. The Morgan fingerprint density at radius 2 is 1.91 bits per heavy atom. The SMILES string of the molecule is Cc1cccnc1N1C=C2C(=O)c3ccccc3O[C@H]2C=C1CNC(=O)c1ccc(F)cc1. The first-order valence-electron chi connectivity index (χ1n) is 10.5. The third-order valence-corrected chi connectivity index (χ3v) is 5.62. The molecule has 164 valence electrons. The molecular weight excluding hydrogens is 421 g/mol. The molecule has 1 aromatic heterocycles. The van der Waals surface area contributed by atoms with Crippen molar-refractivity contribution in [2.24, 2.45) is 0 Å². The Morgan fingerprint density at radius 3 is 2.70 bits per heavy atom. The van der Waals surface area contributed by atoms with Crippen molar-refractivity contribution in [3.63, 3.8) is 0 Å². The highest BCUT2D eigenvalue weighted by atomic mass is 19.1. The van der Waals surface area contributed by atoms with E-state index in [0.717, 1.165) is 5.56 Å². The third kappa shape index (κ3) is 3.89. The van der Waals surface area contributed by atoms with E-state index < -0.39 is 11.9 Å². The maximum Gasteiger partial charge on any atom is 0.251 e. The second kappa shape index (κ2) is 8.35. The Morgan fingerprint density at radius 1 is 1.12 bits per heavy atom. The number of Topliss-reactive ketones (excluding diaryl/α,β-unsaturated/α-hetero) is 1. The molecule has 1 N–H and O–H groups in total. The van der Waals surface area contributed by atoms with E-state index in [1.807, 2.05) is 31.2 Å². The number of aryl methyl sites for hydroxylation is 1. The summed E-state index contributed by atoms with van der Waals surface area (Å²) in [6.45, 7) is 2.09. The summed E-state index contributed by atoms with van der Waals surface area (Å²) >= 11 is 0. The van der Waals surface area contributed by atoms with E-state index in [1.165, 1.54) is 24.3 Å². The molecular formula is C26H20FN3O3. The summed E-state index contributed by atoms with van der Waals surface area (Å²) < 4.78 is 19.3. The largest absolute Gasteiger partial charge is 0.481 e. The van der Waals surface area contributed by atoms with Crippen molar-refractivity contribution in [3.8, 4) is 5.75 Å². The van der Waals surface area contributed by atoms with Crippen LogP contribution in [0.2, 0.25) is 0 Å². The number of fused-ring (bicyclic) bond motifs is 2. The van der Waals surface area contributed by atoms with Crippen LogP contribution in [0.25, 0.3) is 0 Å². The van der Waals surface area contributed by atoms with Gasteiger partial charge in [0.1, 0.15) is 23.5 Å². The molecule has 1 atom stereocenters. The molecule has 2 aromatic carbocycles. The van der Waals surface area contributed by atoms with Crippen LogP contribution in [0.15, 0.2) is 90.4 Å². The quantitative estimate of drug-likeness (QED) is 0.657. The number of pyridine rings is 1. The number of aromatic nitrogens is 1. The number of carbonyl (C=O) groups is 2. The van der Waals surface area contributed by atoms with Crippen LogP contribution in [0.5, 0.6) is 5.75 Å². The van der Waals surface area contributed by atoms with Crippen molar-refractivity contribution >= 4 is 17.5 Å². The van der Waals surface area contributed by atoms with Crippen LogP contribution in [0.1, 0.15) is 26.3 Å². The molecule has 0 bridgehead atoms. The summed E-state index contributed by atoms with van der Waals surface area (Å²) in [5, 5.41) is 2.86. The Kier molecular flexibility index (Phi) is 5.22. The highest BCUT2D eigenvalue weighted by molar-refractivity contribution is 6.13. The fourth-order valence-electron chi connectivity index (χ4n) is 3.92. The van der Waals surface area contributed by atoms with E-state index in [4.69, 9.17) is 4.74 Å². The Labute approximate surface area is 190 Å². The topological polar surface area (TPSA) is 71.5 Å². The minimum Gasteiger partial charge on any atom is -0.481 e. The number of ketones is 1. The average molecular weight is 441 g/mol. The van der Waals surface area contributed by atoms with Crippen molar-refractivity contribution in [1.29, 1.82) is 0 Å². The average Bonchev–Trinajstić information content (AvgIpc) is 2.83. The maximum atomic E-state index is 13.2. The van der Waals surface area contributed by atoms with Gasteiger partial charge in [0, 0.05) is 23.7 Å². The molecule has 2 aliphatic rings. The summed E-state index contributed by atoms with van der Waals surface area (Å²) in [5.74, 6) is 0.325. The molecule has 6 nitrogen and oxygen atoms in total. The Bertz CT molecular complexity index is 1310. The predicted octanol–water partition coefficient (Wildman–Crippen LogP) is 4.19. The van der Waals surface area contributed by atoms with Crippen LogP contribution >= 0.6 is 0 Å². The lowest BCUT2D eigenvalue weighted by Crippen LogP contribution is -2.39. The summed E-state index contributed by atoms with van der Waals surface area (Å²) in [6.07, 6.45) is 4.65. The molecule has 7 heteroatoms. The second-order valence-corrected chi connectivity index (χ2v) is 7.81. The number of rotatable bonds is 4. The standard InChI is InChI=1S/C26H20FN3O3/c1-16-5-4-12-28-25(16)30-15-21-23(33-22-7-3-2-6-20(22)24(21)31)13-19(30)14-29-26(32)17-8-10-18(27)11-9-17/h2-13,15,23H,14H2,1H3,(H,29,32)/t23-/m0/s1. The van der Waals surface area contributed by atoms with Gasteiger partial charge in [0.25, 0.3) is 5.91 Å². The molecule has 0 unspecified atom stereocenters. The number of para-hydroxylation sites is 1. The molecule has 0 fully saturated rings. The number of hydrogen-bond donors (Lipinski definition) is 1. The van der Waals surface area contributed by atoms with Gasteiger partial charge in [-0.25, -0.2) is 9.37 Å². The van der Waals surface area contributed by atoms with Crippen LogP contribution in [0.3, 0.4) is 0 Å².